The van der Waals surface area contributed by atoms with Crippen LogP contribution in [-0.4, -0.2) is 31.1 Å². The highest BCUT2D eigenvalue weighted by molar-refractivity contribution is 5.98. The lowest BCUT2D eigenvalue weighted by atomic mass is 10.2. The molecular formula is C18H18N2O4. The van der Waals surface area contributed by atoms with E-state index >= 15 is 0 Å². The summed E-state index contributed by atoms with van der Waals surface area (Å²) in [7, 11) is 0. The fourth-order valence-corrected chi connectivity index (χ4v) is 2.37. The number of rotatable bonds is 4. The normalized spacial score (nSPS) is 15.5. The fraction of sp³-hybridized carbons (Fsp3) is 0.222. The summed E-state index contributed by atoms with van der Waals surface area (Å²) in [6.07, 6.45) is -0.743. The minimum Gasteiger partial charge on any atom is -0.485 e. The number of amides is 2. The summed E-state index contributed by atoms with van der Waals surface area (Å²) in [6.45, 7) is 2.53. The predicted octanol–water partition coefficient (Wildman–Crippen LogP) is 2.21. The van der Waals surface area contributed by atoms with Crippen LogP contribution in [0.3, 0.4) is 0 Å². The van der Waals surface area contributed by atoms with Gasteiger partial charge in [-0.1, -0.05) is 18.2 Å². The van der Waals surface area contributed by atoms with Crippen molar-refractivity contribution in [1.82, 2.24) is 5.32 Å². The highest BCUT2D eigenvalue weighted by Crippen LogP contribution is 2.31. The van der Waals surface area contributed by atoms with Crippen molar-refractivity contribution in [3.8, 4) is 11.5 Å². The summed E-state index contributed by atoms with van der Waals surface area (Å²) in [6, 6.07) is 14.0. The summed E-state index contributed by atoms with van der Waals surface area (Å²) in [5.74, 6) is 0.664. The van der Waals surface area contributed by atoms with Crippen molar-refractivity contribution in [1.29, 1.82) is 0 Å². The van der Waals surface area contributed by atoms with Gasteiger partial charge >= 0.3 is 0 Å². The molecule has 0 bridgehead atoms. The van der Waals surface area contributed by atoms with E-state index in [9.17, 15) is 9.59 Å². The number of fused-ring (bicyclic) bond motifs is 1. The average Bonchev–Trinajstić information content (AvgIpc) is 2.61. The van der Waals surface area contributed by atoms with Crippen molar-refractivity contribution in [2.75, 3.05) is 18.5 Å². The quantitative estimate of drug-likeness (QED) is 0.903. The van der Waals surface area contributed by atoms with Gasteiger partial charge < -0.3 is 20.1 Å². The Labute approximate surface area is 139 Å². The Morgan fingerprint density at radius 1 is 1.12 bits per heavy atom. The Morgan fingerprint density at radius 2 is 1.92 bits per heavy atom. The Hall–Kier alpha value is -3.02. The number of benzene rings is 2. The Kier molecular flexibility index (Phi) is 4.65. The molecule has 1 aliphatic heterocycles. The summed E-state index contributed by atoms with van der Waals surface area (Å²) >= 11 is 0. The molecule has 0 spiro atoms. The van der Waals surface area contributed by atoms with E-state index in [-0.39, 0.29) is 18.4 Å². The van der Waals surface area contributed by atoms with Crippen LogP contribution in [0, 0.1) is 0 Å². The van der Waals surface area contributed by atoms with Crippen molar-refractivity contribution >= 4 is 17.5 Å². The molecule has 0 aliphatic carbocycles. The van der Waals surface area contributed by atoms with Crippen LogP contribution in [-0.2, 0) is 4.79 Å². The second kappa shape index (κ2) is 7.04. The smallest absolute Gasteiger partial charge is 0.269 e. The van der Waals surface area contributed by atoms with Gasteiger partial charge in [0.1, 0.15) is 6.61 Å². The Morgan fingerprint density at radius 3 is 2.71 bits per heavy atom. The molecule has 0 radical (unpaired) electrons. The van der Waals surface area contributed by atoms with Gasteiger partial charge in [0.05, 0.1) is 0 Å². The molecule has 3 rings (SSSR count). The highest BCUT2D eigenvalue weighted by atomic mass is 16.6. The number of para-hydroxylation sites is 2. The molecule has 2 aromatic carbocycles. The molecule has 2 N–H and O–H groups in total. The molecule has 124 valence electrons. The standard InChI is InChI=1S/C18H18N2O4/c1-2-19-17(21)12-6-5-7-13(10-12)20-18(22)16-11-23-14-8-3-4-9-15(14)24-16/h3-10,16H,2,11H2,1H3,(H,19,21)(H,20,22). The maximum atomic E-state index is 12.4. The first-order chi connectivity index (χ1) is 11.7. The first-order valence-electron chi connectivity index (χ1n) is 7.75. The van der Waals surface area contributed by atoms with Crippen LogP contribution in [0.15, 0.2) is 48.5 Å². The number of carbonyl (C=O) groups excluding carboxylic acids is 2. The zero-order chi connectivity index (χ0) is 16.9. The lowest BCUT2D eigenvalue weighted by molar-refractivity contribution is -0.125. The first kappa shape index (κ1) is 15.9. The number of hydrogen-bond donors (Lipinski definition) is 2. The van der Waals surface area contributed by atoms with Gasteiger partial charge in [0, 0.05) is 17.8 Å². The van der Waals surface area contributed by atoms with E-state index in [4.69, 9.17) is 9.47 Å². The topological polar surface area (TPSA) is 76.7 Å². The molecule has 24 heavy (non-hydrogen) atoms. The molecule has 1 aliphatic rings. The number of anilines is 1. The molecule has 2 amide bonds. The van der Waals surface area contributed by atoms with Crippen molar-refractivity contribution < 1.29 is 19.1 Å². The SMILES string of the molecule is CCNC(=O)c1cccc(NC(=O)C2COc3ccccc3O2)c1. The van der Waals surface area contributed by atoms with Crippen molar-refractivity contribution in [2.24, 2.45) is 0 Å². The maximum Gasteiger partial charge on any atom is 0.269 e. The van der Waals surface area contributed by atoms with Crippen molar-refractivity contribution in [3.05, 3.63) is 54.1 Å². The molecule has 0 aromatic heterocycles. The van der Waals surface area contributed by atoms with E-state index < -0.39 is 6.10 Å². The molecule has 6 nitrogen and oxygen atoms in total. The largest absolute Gasteiger partial charge is 0.485 e. The van der Waals surface area contributed by atoms with E-state index in [1.54, 1.807) is 36.4 Å². The van der Waals surface area contributed by atoms with Gasteiger partial charge in [0.15, 0.2) is 11.5 Å². The van der Waals surface area contributed by atoms with Crippen LogP contribution >= 0.6 is 0 Å². The Balaban J connectivity index is 1.67. The van der Waals surface area contributed by atoms with Gasteiger partial charge in [0.2, 0.25) is 6.10 Å². The monoisotopic (exact) mass is 326 g/mol. The van der Waals surface area contributed by atoms with E-state index in [2.05, 4.69) is 10.6 Å². The first-order valence-corrected chi connectivity index (χ1v) is 7.75. The van der Waals surface area contributed by atoms with Gasteiger partial charge in [-0.3, -0.25) is 9.59 Å². The third kappa shape index (κ3) is 3.48. The van der Waals surface area contributed by atoms with Crippen LogP contribution in [0.1, 0.15) is 17.3 Å². The molecule has 6 heteroatoms. The molecular weight excluding hydrogens is 308 g/mol. The van der Waals surface area contributed by atoms with Crippen LogP contribution in [0.25, 0.3) is 0 Å². The summed E-state index contributed by atoms with van der Waals surface area (Å²) < 4.78 is 11.2. The van der Waals surface area contributed by atoms with Crippen LogP contribution < -0.4 is 20.1 Å². The summed E-state index contributed by atoms with van der Waals surface area (Å²) in [5.41, 5.74) is 1.02. The average molecular weight is 326 g/mol. The molecule has 1 heterocycles. The van der Waals surface area contributed by atoms with Gasteiger partial charge in [-0.05, 0) is 37.3 Å². The van der Waals surface area contributed by atoms with Gasteiger partial charge in [-0.15, -0.1) is 0 Å². The molecule has 0 saturated heterocycles. The lowest BCUT2D eigenvalue weighted by Crippen LogP contribution is -2.40. The maximum absolute atomic E-state index is 12.4. The second-order valence-electron chi connectivity index (χ2n) is 5.29. The predicted molar refractivity (Wildman–Crippen MR) is 89.4 cm³/mol. The zero-order valence-corrected chi connectivity index (χ0v) is 13.2. The minimum atomic E-state index is -0.743. The van der Waals surface area contributed by atoms with E-state index in [1.165, 1.54) is 0 Å². The zero-order valence-electron chi connectivity index (χ0n) is 13.2. The Bertz CT molecular complexity index is 760. The lowest BCUT2D eigenvalue weighted by Gasteiger charge is -2.25. The number of nitrogens with one attached hydrogen (secondary N) is 2. The fourth-order valence-electron chi connectivity index (χ4n) is 2.37. The van der Waals surface area contributed by atoms with Crippen LogP contribution in [0.5, 0.6) is 11.5 Å². The van der Waals surface area contributed by atoms with Crippen molar-refractivity contribution in [3.63, 3.8) is 0 Å². The minimum absolute atomic E-state index is 0.138. The van der Waals surface area contributed by atoms with E-state index in [0.717, 1.165) is 0 Å². The summed E-state index contributed by atoms with van der Waals surface area (Å²) in [5, 5.41) is 5.48. The molecule has 0 fully saturated rings. The third-order valence-electron chi connectivity index (χ3n) is 3.53. The van der Waals surface area contributed by atoms with Crippen LogP contribution in [0.4, 0.5) is 5.69 Å². The number of hydrogen-bond acceptors (Lipinski definition) is 4. The summed E-state index contributed by atoms with van der Waals surface area (Å²) in [4.78, 5) is 24.2. The van der Waals surface area contributed by atoms with Gasteiger partial charge in [-0.2, -0.15) is 0 Å². The third-order valence-corrected chi connectivity index (χ3v) is 3.53. The molecule has 1 unspecified atom stereocenters. The number of carbonyl (C=O) groups is 2. The van der Waals surface area contributed by atoms with E-state index in [0.29, 0.717) is 29.3 Å². The van der Waals surface area contributed by atoms with Gasteiger partial charge in [0.25, 0.3) is 11.8 Å². The molecule has 0 saturated carbocycles. The molecule has 1 atom stereocenters. The number of ether oxygens (including phenoxy) is 2. The molecule has 2 aromatic rings. The van der Waals surface area contributed by atoms with E-state index in [1.807, 2.05) is 19.1 Å². The van der Waals surface area contributed by atoms with Crippen LogP contribution in [0.2, 0.25) is 0 Å². The second-order valence-corrected chi connectivity index (χ2v) is 5.29. The highest BCUT2D eigenvalue weighted by Gasteiger charge is 2.27. The van der Waals surface area contributed by atoms with Crippen molar-refractivity contribution in [2.45, 2.75) is 13.0 Å². The van der Waals surface area contributed by atoms with Gasteiger partial charge in [-0.25, -0.2) is 0 Å².